The molecule has 6 nitrogen and oxygen atoms in total. The number of pyridine rings is 1. The van der Waals surface area contributed by atoms with Crippen molar-refractivity contribution in [1.29, 1.82) is 0 Å². The second-order valence-corrected chi connectivity index (χ2v) is 7.90. The van der Waals surface area contributed by atoms with Gasteiger partial charge in [-0.2, -0.15) is 13.2 Å². The van der Waals surface area contributed by atoms with Crippen molar-refractivity contribution in [3.05, 3.63) is 23.3 Å². The Morgan fingerprint density at radius 2 is 2.11 bits per heavy atom. The fraction of sp³-hybridized carbons (Fsp3) is 0.471. The van der Waals surface area contributed by atoms with Crippen LogP contribution in [0.15, 0.2) is 17.6 Å². The molecule has 0 spiro atoms. The molecule has 27 heavy (non-hydrogen) atoms. The van der Waals surface area contributed by atoms with Crippen LogP contribution in [0.25, 0.3) is 10.1 Å². The Bertz CT molecular complexity index is 886. The van der Waals surface area contributed by atoms with Gasteiger partial charge in [-0.25, -0.2) is 4.98 Å². The third-order valence-corrected chi connectivity index (χ3v) is 5.93. The Kier molecular flexibility index (Phi) is 4.55. The number of anilines is 1. The fourth-order valence-corrected chi connectivity index (χ4v) is 4.61. The summed E-state index contributed by atoms with van der Waals surface area (Å²) < 4.78 is 38.1. The summed E-state index contributed by atoms with van der Waals surface area (Å²) in [7, 11) is 0. The van der Waals surface area contributed by atoms with Gasteiger partial charge in [0.2, 0.25) is 0 Å². The number of nitrogens with zero attached hydrogens (tertiary/aromatic N) is 2. The molecule has 4 heterocycles. The molecule has 2 fully saturated rings. The topological polar surface area (TPSA) is 74.3 Å². The summed E-state index contributed by atoms with van der Waals surface area (Å²) in [6, 6.07) is 1.47. The number of fused-ring (bicyclic) bond motifs is 3. The molecular formula is C17H17F3N4O2S. The van der Waals surface area contributed by atoms with Crippen LogP contribution in [0.1, 0.15) is 23.3 Å². The Morgan fingerprint density at radius 1 is 1.30 bits per heavy atom. The highest BCUT2D eigenvalue weighted by atomic mass is 32.1. The Labute approximate surface area is 156 Å². The third-order valence-electron chi connectivity index (χ3n) is 5.00. The number of rotatable bonds is 3. The van der Waals surface area contributed by atoms with Crippen LogP contribution in [-0.2, 0) is 4.79 Å². The van der Waals surface area contributed by atoms with Gasteiger partial charge in [0.05, 0.1) is 10.4 Å². The number of thiophene rings is 1. The molecule has 2 aromatic rings. The first kappa shape index (κ1) is 18.2. The molecule has 2 aliphatic rings. The van der Waals surface area contributed by atoms with Crippen LogP contribution < -0.4 is 10.6 Å². The lowest BCUT2D eigenvalue weighted by Gasteiger charge is -2.30. The first-order chi connectivity index (χ1) is 12.8. The Hall–Kier alpha value is -2.20. The largest absolute Gasteiger partial charge is 0.471 e. The first-order valence-electron chi connectivity index (χ1n) is 8.58. The maximum absolute atomic E-state index is 12.5. The average Bonchev–Trinajstić information content (AvgIpc) is 3.16. The summed E-state index contributed by atoms with van der Waals surface area (Å²) in [6.45, 7) is 2.93. The molecule has 2 saturated heterocycles. The van der Waals surface area contributed by atoms with Crippen molar-refractivity contribution in [2.75, 3.05) is 25.0 Å². The molecule has 10 heteroatoms. The smallest absolute Gasteiger partial charge is 0.347 e. The summed E-state index contributed by atoms with van der Waals surface area (Å²) in [6.07, 6.45) is -1.47. The van der Waals surface area contributed by atoms with E-state index in [0.29, 0.717) is 16.0 Å². The van der Waals surface area contributed by atoms with Crippen LogP contribution in [0.2, 0.25) is 0 Å². The van der Waals surface area contributed by atoms with E-state index >= 15 is 0 Å². The molecule has 0 aromatic carbocycles. The molecule has 2 bridgehead atoms. The molecule has 0 radical (unpaired) electrons. The maximum Gasteiger partial charge on any atom is 0.471 e. The number of nitrogens with one attached hydrogen (secondary N) is 2. The van der Waals surface area contributed by atoms with E-state index in [9.17, 15) is 22.8 Å². The van der Waals surface area contributed by atoms with E-state index < -0.39 is 12.1 Å². The van der Waals surface area contributed by atoms with E-state index in [1.54, 1.807) is 0 Å². The van der Waals surface area contributed by atoms with Gasteiger partial charge in [-0.3, -0.25) is 9.59 Å². The van der Waals surface area contributed by atoms with Gasteiger partial charge in [0.25, 0.3) is 5.91 Å². The molecule has 0 saturated carbocycles. The van der Waals surface area contributed by atoms with Crippen LogP contribution in [0.3, 0.4) is 0 Å². The molecular weight excluding hydrogens is 381 g/mol. The first-order valence-corrected chi connectivity index (χ1v) is 9.46. The molecule has 144 valence electrons. The van der Waals surface area contributed by atoms with Crippen LogP contribution in [0.5, 0.6) is 0 Å². The molecule has 4 rings (SSSR count). The number of amides is 2. The van der Waals surface area contributed by atoms with Gasteiger partial charge in [0, 0.05) is 36.1 Å². The van der Waals surface area contributed by atoms with Gasteiger partial charge in [-0.15, -0.1) is 11.3 Å². The van der Waals surface area contributed by atoms with Gasteiger partial charge in [0.15, 0.2) is 0 Å². The monoisotopic (exact) mass is 398 g/mol. The summed E-state index contributed by atoms with van der Waals surface area (Å²) in [4.78, 5) is 30.2. The van der Waals surface area contributed by atoms with Gasteiger partial charge in [0.1, 0.15) is 5.69 Å². The number of hydrogen-bond acceptors (Lipinski definition) is 5. The van der Waals surface area contributed by atoms with Gasteiger partial charge in [-0.05, 0) is 31.4 Å². The highest BCUT2D eigenvalue weighted by Gasteiger charge is 2.39. The van der Waals surface area contributed by atoms with Crippen molar-refractivity contribution in [1.82, 2.24) is 15.2 Å². The predicted octanol–water partition coefficient (Wildman–Crippen LogP) is 2.62. The van der Waals surface area contributed by atoms with Crippen LogP contribution in [-0.4, -0.2) is 53.6 Å². The van der Waals surface area contributed by atoms with Crippen LogP contribution in [0.4, 0.5) is 18.9 Å². The predicted molar refractivity (Wildman–Crippen MR) is 94.7 cm³/mol. The van der Waals surface area contributed by atoms with E-state index in [4.69, 9.17) is 0 Å². The lowest BCUT2D eigenvalue weighted by molar-refractivity contribution is -0.167. The number of alkyl halides is 3. The number of carbonyl (C=O) groups excluding carboxylic acids is 2. The number of piperidine rings is 1. The fourth-order valence-electron chi connectivity index (χ4n) is 3.77. The molecule has 1 unspecified atom stereocenters. The zero-order valence-corrected chi connectivity index (χ0v) is 15.0. The van der Waals surface area contributed by atoms with E-state index in [2.05, 4.69) is 15.2 Å². The molecule has 2 aromatic heterocycles. The van der Waals surface area contributed by atoms with Gasteiger partial charge < -0.3 is 15.5 Å². The van der Waals surface area contributed by atoms with Crippen molar-refractivity contribution in [2.24, 2.45) is 5.92 Å². The third kappa shape index (κ3) is 3.77. The standard InChI is InChI=1S/C17H17F3N4O2S/c18-17(19,20)16(26)23-13-8-27-14-5-21-12(4-11(13)14)15(25)22-10-3-9-1-2-24(6-9)7-10/h4-5,8-10H,1-3,6-7H2,(H,22,25)(H,23,26)/t9-,10-/m1/s1. The lowest BCUT2D eigenvalue weighted by atomic mass is 9.97. The minimum atomic E-state index is -4.98. The Morgan fingerprint density at radius 3 is 2.85 bits per heavy atom. The molecule has 0 aliphatic carbocycles. The van der Waals surface area contributed by atoms with E-state index in [0.717, 1.165) is 43.8 Å². The van der Waals surface area contributed by atoms with Crippen molar-refractivity contribution < 1.29 is 22.8 Å². The van der Waals surface area contributed by atoms with Crippen LogP contribution >= 0.6 is 11.3 Å². The SMILES string of the molecule is O=C(N[C@@H]1C[C@H]2CCN(C2)C1)c1cc2c(NC(=O)C(F)(F)F)csc2cn1. The molecule has 2 amide bonds. The lowest BCUT2D eigenvalue weighted by Crippen LogP contribution is -2.47. The van der Waals surface area contributed by atoms with Crippen molar-refractivity contribution in [3.8, 4) is 0 Å². The minimum absolute atomic E-state index is 0.0237. The summed E-state index contributed by atoms with van der Waals surface area (Å²) in [5.74, 6) is -1.80. The van der Waals surface area contributed by atoms with Gasteiger partial charge in [-0.1, -0.05) is 0 Å². The van der Waals surface area contributed by atoms with Crippen molar-refractivity contribution >= 4 is 38.9 Å². The van der Waals surface area contributed by atoms with Crippen molar-refractivity contribution in [2.45, 2.75) is 25.1 Å². The molecule has 2 N–H and O–H groups in total. The summed E-state index contributed by atoms with van der Waals surface area (Å²) >= 11 is 1.15. The maximum atomic E-state index is 12.5. The number of carbonyl (C=O) groups is 2. The van der Waals surface area contributed by atoms with E-state index in [1.807, 2.05) is 5.32 Å². The quantitative estimate of drug-likeness (QED) is 0.834. The van der Waals surface area contributed by atoms with Crippen LogP contribution in [0, 0.1) is 5.92 Å². The Balaban J connectivity index is 1.51. The molecule has 2 aliphatic heterocycles. The van der Waals surface area contributed by atoms with E-state index in [-0.39, 0.29) is 23.3 Å². The average molecular weight is 398 g/mol. The summed E-state index contributed by atoms with van der Waals surface area (Å²) in [5.41, 5.74) is 0.145. The number of aromatic nitrogens is 1. The van der Waals surface area contributed by atoms with Gasteiger partial charge >= 0.3 is 12.1 Å². The second kappa shape index (κ2) is 6.75. The second-order valence-electron chi connectivity index (χ2n) is 6.99. The minimum Gasteiger partial charge on any atom is -0.347 e. The highest BCUT2D eigenvalue weighted by molar-refractivity contribution is 7.17. The molecule has 3 atom stereocenters. The normalized spacial score (nSPS) is 24.8. The number of halogens is 3. The highest BCUT2D eigenvalue weighted by Crippen LogP contribution is 2.32. The van der Waals surface area contributed by atoms with Crippen molar-refractivity contribution in [3.63, 3.8) is 0 Å². The number of hydrogen-bond donors (Lipinski definition) is 2. The summed E-state index contributed by atoms with van der Waals surface area (Å²) in [5, 5.41) is 6.60. The zero-order chi connectivity index (χ0) is 19.2. The zero-order valence-electron chi connectivity index (χ0n) is 14.2. The van der Waals surface area contributed by atoms with E-state index in [1.165, 1.54) is 17.6 Å².